The fourth-order valence-corrected chi connectivity index (χ4v) is 1.90. The zero-order valence-corrected chi connectivity index (χ0v) is 12.1. The summed E-state index contributed by atoms with van der Waals surface area (Å²) in [5, 5.41) is 14.9. The van der Waals surface area contributed by atoms with Crippen LogP contribution in [0.4, 0.5) is 5.69 Å². The van der Waals surface area contributed by atoms with Crippen LogP contribution in [0.1, 0.15) is 28.5 Å². The fourth-order valence-electron chi connectivity index (χ4n) is 1.90. The molecule has 1 amide bonds. The molecule has 0 bridgehead atoms. The second kappa shape index (κ2) is 6.57. The van der Waals surface area contributed by atoms with E-state index in [1.54, 1.807) is 25.3 Å². The number of nitrogens with one attached hydrogen (secondary N) is 1. The van der Waals surface area contributed by atoms with Crippen molar-refractivity contribution in [3.05, 3.63) is 69.5 Å². The standard InChI is InChI=1S/C15H14N4O3/c1-10-12(6-5-8-14(10)19(21)22)15(20)18-17-11(2)13-7-3-4-9-16-13/h3-9H,1-2H3,(H,18,20)/b17-11+. The van der Waals surface area contributed by atoms with Gasteiger partial charge in [-0.3, -0.25) is 19.9 Å². The van der Waals surface area contributed by atoms with Crippen molar-refractivity contribution in [2.24, 2.45) is 5.10 Å². The van der Waals surface area contributed by atoms with Gasteiger partial charge in [0.25, 0.3) is 11.6 Å². The first-order valence-corrected chi connectivity index (χ1v) is 6.50. The van der Waals surface area contributed by atoms with Crippen LogP contribution in [0.5, 0.6) is 0 Å². The minimum absolute atomic E-state index is 0.0990. The Hall–Kier alpha value is -3.09. The molecule has 0 atom stereocenters. The zero-order chi connectivity index (χ0) is 16.1. The molecule has 112 valence electrons. The molecule has 1 N–H and O–H groups in total. The van der Waals surface area contributed by atoms with E-state index >= 15 is 0 Å². The van der Waals surface area contributed by atoms with Gasteiger partial charge in [0.2, 0.25) is 0 Å². The first kappa shape index (κ1) is 15.3. The molecular weight excluding hydrogens is 284 g/mol. The summed E-state index contributed by atoms with van der Waals surface area (Å²) in [7, 11) is 0. The highest BCUT2D eigenvalue weighted by Crippen LogP contribution is 2.20. The Kier molecular flexibility index (Phi) is 4.57. The lowest BCUT2D eigenvalue weighted by Crippen LogP contribution is -2.20. The molecule has 7 heteroatoms. The largest absolute Gasteiger partial charge is 0.273 e. The van der Waals surface area contributed by atoms with Gasteiger partial charge in [0.1, 0.15) is 0 Å². The van der Waals surface area contributed by atoms with E-state index in [-0.39, 0.29) is 11.3 Å². The molecule has 0 unspecified atom stereocenters. The summed E-state index contributed by atoms with van der Waals surface area (Å²) in [4.78, 5) is 26.6. The van der Waals surface area contributed by atoms with Gasteiger partial charge in [-0.25, -0.2) is 5.43 Å². The quantitative estimate of drug-likeness (QED) is 0.532. The molecule has 0 aliphatic heterocycles. The third kappa shape index (κ3) is 3.32. The van der Waals surface area contributed by atoms with E-state index in [1.807, 2.05) is 6.07 Å². The van der Waals surface area contributed by atoms with Gasteiger partial charge in [-0.2, -0.15) is 5.10 Å². The zero-order valence-electron chi connectivity index (χ0n) is 12.1. The van der Waals surface area contributed by atoms with E-state index in [4.69, 9.17) is 0 Å². The summed E-state index contributed by atoms with van der Waals surface area (Å²) in [5.41, 5.74) is 3.98. The molecule has 2 aromatic rings. The smallest absolute Gasteiger partial charge is 0.267 e. The van der Waals surface area contributed by atoms with Gasteiger partial charge in [-0.05, 0) is 32.0 Å². The Morgan fingerprint density at radius 1 is 1.27 bits per heavy atom. The average molecular weight is 298 g/mol. The number of benzene rings is 1. The maximum atomic E-state index is 12.1. The monoisotopic (exact) mass is 298 g/mol. The first-order chi connectivity index (χ1) is 10.5. The van der Waals surface area contributed by atoms with Gasteiger partial charge in [-0.15, -0.1) is 0 Å². The SMILES string of the molecule is C/C(=N\NC(=O)c1cccc([N+](=O)[O-])c1C)c1ccccn1. The van der Waals surface area contributed by atoms with Crippen LogP contribution in [-0.2, 0) is 0 Å². The summed E-state index contributed by atoms with van der Waals surface area (Å²) in [5.74, 6) is -0.503. The summed E-state index contributed by atoms with van der Waals surface area (Å²) in [6.45, 7) is 3.24. The number of hydrogen-bond donors (Lipinski definition) is 1. The van der Waals surface area contributed by atoms with Crippen LogP contribution < -0.4 is 5.43 Å². The highest BCUT2D eigenvalue weighted by atomic mass is 16.6. The molecule has 1 aromatic carbocycles. The van der Waals surface area contributed by atoms with E-state index in [1.165, 1.54) is 25.1 Å². The summed E-state index contributed by atoms with van der Waals surface area (Å²) < 4.78 is 0. The summed E-state index contributed by atoms with van der Waals surface area (Å²) in [6, 6.07) is 9.70. The van der Waals surface area contributed by atoms with Crippen LogP contribution >= 0.6 is 0 Å². The second-order valence-corrected chi connectivity index (χ2v) is 4.56. The first-order valence-electron chi connectivity index (χ1n) is 6.50. The van der Waals surface area contributed by atoms with Crippen LogP contribution in [0.15, 0.2) is 47.7 Å². The topological polar surface area (TPSA) is 97.5 Å². The Morgan fingerprint density at radius 3 is 2.68 bits per heavy atom. The molecule has 1 aromatic heterocycles. The lowest BCUT2D eigenvalue weighted by Gasteiger charge is -2.05. The Balaban J connectivity index is 2.20. The minimum atomic E-state index is -0.519. The van der Waals surface area contributed by atoms with Crippen molar-refractivity contribution in [3.63, 3.8) is 0 Å². The van der Waals surface area contributed by atoms with Gasteiger partial charge in [-0.1, -0.05) is 12.1 Å². The van der Waals surface area contributed by atoms with Gasteiger partial charge in [0.05, 0.1) is 21.9 Å². The van der Waals surface area contributed by atoms with Gasteiger partial charge < -0.3 is 0 Å². The van der Waals surface area contributed by atoms with E-state index in [0.29, 0.717) is 17.0 Å². The number of nitrogens with zero attached hydrogens (tertiary/aromatic N) is 3. The van der Waals surface area contributed by atoms with Crippen LogP contribution in [-0.4, -0.2) is 21.5 Å². The molecule has 22 heavy (non-hydrogen) atoms. The molecule has 0 radical (unpaired) electrons. The van der Waals surface area contributed by atoms with Gasteiger partial charge >= 0.3 is 0 Å². The number of nitro groups is 1. The normalized spacial score (nSPS) is 11.1. The molecular formula is C15H14N4O3. The lowest BCUT2D eigenvalue weighted by molar-refractivity contribution is -0.385. The number of hydrazone groups is 1. The van der Waals surface area contributed by atoms with Gasteiger partial charge in [0, 0.05) is 17.8 Å². The molecule has 2 rings (SSSR count). The highest BCUT2D eigenvalue weighted by molar-refractivity contribution is 6.00. The summed E-state index contributed by atoms with van der Waals surface area (Å²) in [6.07, 6.45) is 1.63. The van der Waals surface area contributed by atoms with E-state index in [2.05, 4.69) is 15.5 Å². The number of carbonyl (C=O) groups is 1. The highest BCUT2D eigenvalue weighted by Gasteiger charge is 2.17. The molecule has 7 nitrogen and oxygen atoms in total. The van der Waals surface area contributed by atoms with Crippen LogP contribution in [0.25, 0.3) is 0 Å². The average Bonchev–Trinajstić information content (AvgIpc) is 2.53. The van der Waals surface area contributed by atoms with Crippen LogP contribution in [0, 0.1) is 17.0 Å². The minimum Gasteiger partial charge on any atom is -0.267 e. The fraction of sp³-hybridized carbons (Fsp3) is 0.133. The number of hydrogen-bond acceptors (Lipinski definition) is 5. The second-order valence-electron chi connectivity index (χ2n) is 4.56. The predicted molar refractivity (Wildman–Crippen MR) is 81.7 cm³/mol. The maximum Gasteiger partial charge on any atom is 0.273 e. The molecule has 0 aliphatic carbocycles. The number of pyridine rings is 1. The Labute approximate surface area is 126 Å². The number of nitro benzene ring substituents is 1. The van der Waals surface area contributed by atoms with Crippen molar-refractivity contribution in [2.45, 2.75) is 13.8 Å². The van der Waals surface area contributed by atoms with E-state index in [9.17, 15) is 14.9 Å². The predicted octanol–water partition coefficient (Wildman–Crippen LogP) is 2.45. The number of carbonyl (C=O) groups excluding carboxylic acids is 1. The van der Waals surface area contributed by atoms with Crippen molar-refractivity contribution in [3.8, 4) is 0 Å². The van der Waals surface area contributed by atoms with E-state index in [0.717, 1.165) is 0 Å². The number of aromatic nitrogens is 1. The third-order valence-corrected chi connectivity index (χ3v) is 3.11. The van der Waals surface area contributed by atoms with Crippen molar-refractivity contribution < 1.29 is 9.72 Å². The Bertz CT molecular complexity index is 742. The number of rotatable bonds is 4. The Morgan fingerprint density at radius 2 is 2.05 bits per heavy atom. The van der Waals surface area contributed by atoms with Crippen molar-refractivity contribution in [1.82, 2.24) is 10.4 Å². The van der Waals surface area contributed by atoms with E-state index < -0.39 is 10.8 Å². The lowest BCUT2D eigenvalue weighted by atomic mass is 10.1. The van der Waals surface area contributed by atoms with Crippen LogP contribution in [0.3, 0.4) is 0 Å². The molecule has 1 heterocycles. The number of amides is 1. The molecule has 0 saturated heterocycles. The van der Waals surface area contributed by atoms with Crippen molar-refractivity contribution in [1.29, 1.82) is 0 Å². The van der Waals surface area contributed by atoms with Gasteiger partial charge in [0.15, 0.2) is 0 Å². The molecule has 0 saturated carbocycles. The van der Waals surface area contributed by atoms with Crippen molar-refractivity contribution in [2.75, 3.05) is 0 Å². The molecule has 0 spiro atoms. The molecule has 0 fully saturated rings. The molecule has 0 aliphatic rings. The summed E-state index contributed by atoms with van der Waals surface area (Å²) >= 11 is 0. The van der Waals surface area contributed by atoms with Crippen molar-refractivity contribution >= 4 is 17.3 Å². The maximum absolute atomic E-state index is 12.1. The third-order valence-electron chi connectivity index (χ3n) is 3.11. The van der Waals surface area contributed by atoms with Crippen LogP contribution in [0.2, 0.25) is 0 Å².